The van der Waals surface area contributed by atoms with Crippen LogP contribution in [0, 0.1) is 18.7 Å². The predicted octanol–water partition coefficient (Wildman–Crippen LogP) is 6.36. The van der Waals surface area contributed by atoms with E-state index in [0.717, 1.165) is 23.5 Å². The number of hydrogen-bond donors (Lipinski definition) is 1. The van der Waals surface area contributed by atoms with Gasteiger partial charge in [0.05, 0.1) is 17.5 Å². The van der Waals surface area contributed by atoms with Crippen LogP contribution in [0.1, 0.15) is 60.1 Å². The molecule has 0 bridgehead atoms. The molecular weight excluding hydrogens is 465 g/mol. The van der Waals surface area contributed by atoms with Crippen molar-refractivity contribution >= 4 is 23.2 Å². The molecular formula is C31H34FN3O2. The number of anilines is 2. The predicted molar refractivity (Wildman–Crippen MR) is 145 cm³/mol. The summed E-state index contributed by atoms with van der Waals surface area (Å²) in [6.45, 7) is 5.46. The number of carbonyl (C=O) groups is 2. The highest BCUT2D eigenvalue weighted by atomic mass is 19.1. The molecule has 2 fully saturated rings. The molecule has 37 heavy (non-hydrogen) atoms. The molecule has 192 valence electrons. The van der Waals surface area contributed by atoms with Crippen LogP contribution in [0.15, 0.2) is 72.8 Å². The lowest BCUT2D eigenvalue weighted by molar-refractivity contribution is -0.123. The number of hydrogen-bond acceptors (Lipinski definition) is 3. The van der Waals surface area contributed by atoms with E-state index in [0.29, 0.717) is 31.0 Å². The van der Waals surface area contributed by atoms with Gasteiger partial charge in [0.25, 0.3) is 5.91 Å². The molecule has 2 saturated heterocycles. The summed E-state index contributed by atoms with van der Waals surface area (Å²) in [5.74, 6) is -1.48. The third kappa shape index (κ3) is 5.10. The van der Waals surface area contributed by atoms with Crippen LogP contribution in [-0.2, 0) is 4.79 Å². The zero-order chi connectivity index (χ0) is 25.9. The second kappa shape index (κ2) is 10.8. The maximum absolute atomic E-state index is 14.8. The van der Waals surface area contributed by atoms with Gasteiger partial charge in [0, 0.05) is 30.5 Å². The van der Waals surface area contributed by atoms with Gasteiger partial charge in [0.2, 0.25) is 5.91 Å². The molecule has 2 amide bonds. The van der Waals surface area contributed by atoms with Gasteiger partial charge in [-0.15, -0.1) is 0 Å². The second-order valence-electron chi connectivity index (χ2n) is 10.3. The molecule has 2 aliphatic heterocycles. The minimum absolute atomic E-state index is 0.0805. The highest BCUT2D eigenvalue weighted by Crippen LogP contribution is 2.38. The number of carbonyl (C=O) groups excluding carboxylic acids is 2. The Bertz CT molecular complexity index is 1260. The van der Waals surface area contributed by atoms with E-state index in [-0.39, 0.29) is 17.4 Å². The van der Waals surface area contributed by atoms with E-state index in [1.807, 2.05) is 48.5 Å². The average molecular weight is 500 g/mol. The first kappa shape index (κ1) is 25.0. The number of nitrogens with zero attached hydrogens (tertiary/aromatic N) is 2. The first-order valence-electron chi connectivity index (χ1n) is 13.2. The fourth-order valence-corrected chi connectivity index (χ4v) is 5.92. The Morgan fingerprint density at radius 2 is 1.68 bits per heavy atom. The number of benzene rings is 3. The SMILES string of the molecule is Cc1cccc(F)c1C(=O)N1CCCC(C(=O)Nc2cccc(N3CCC[C@H]3C)c2)C1c1ccccc1. The van der Waals surface area contributed by atoms with Crippen molar-refractivity contribution in [1.82, 2.24) is 4.90 Å². The monoisotopic (exact) mass is 499 g/mol. The quantitative estimate of drug-likeness (QED) is 0.445. The summed E-state index contributed by atoms with van der Waals surface area (Å²) in [6.07, 6.45) is 3.66. The van der Waals surface area contributed by atoms with E-state index < -0.39 is 17.8 Å². The summed E-state index contributed by atoms with van der Waals surface area (Å²) in [5, 5.41) is 3.13. The van der Waals surface area contributed by atoms with Crippen molar-refractivity contribution in [1.29, 1.82) is 0 Å². The highest BCUT2D eigenvalue weighted by molar-refractivity contribution is 5.98. The molecule has 3 atom stereocenters. The fraction of sp³-hybridized carbons (Fsp3) is 0.355. The standard InChI is InChI=1S/C31H34FN3O2/c1-21-10-6-17-27(32)28(21)31(37)35-19-9-16-26(29(35)23-12-4-3-5-13-23)30(36)33-24-14-7-15-25(20-24)34-18-8-11-22(34)2/h3-7,10,12-15,17,20,22,26,29H,8-9,11,16,18-19H2,1-2H3,(H,33,36)/t22-,26?,29?/m1/s1. The van der Waals surface area contributed by atoms with Gasteiger partial charge in [-0.2, -0.15) is 0 Å². The van der Waals surface area contributed by atoms with E-state index in [4.69, 9.17) is 0 Å². The zero-order valence-corrected chi connectivity index (χ0v) is 21.5. The average Bonchev–Trinajstić information content (AvgIpc) is 3.34. The highest BCUT2D eigenvalue weighted by Gasteiger charge is 2.40. The topological polar surface area (TPSA) is 52.7 Å². The van der Waals surface area contributed by atoms with Crippen molar-refractivity contribution < 1.29 is 14.0 Å². The number of aryl methyl sites for hydroxylation is 1. The van der Waals surface area contributed by atoms with Gasteiger partial charge in [-0.05, 0) is 74.9 Å². The molecule has 5 nitrogen and oxygen atoms in total. The van der Waals surface area contributed by atoms with Crippen LogP contribution in [0.4, 0.5) is 15.8 Å². The van der Waals surface area contributed by atoms with Crippen LogP contribution in [0.5, 0.6) is 0 Å². The first-order valence-corrected chi connectivity index (χ1v) is 13.2. The van der Waals surface area contributed by atoms with Crippen LogP contribution in [-0.4, -0.2) is 35.8 Å². The Balaban J connectivity index is 1.44. The summed E-state index contributed by atoms with van der Waals surface area (Å²) in [5.41, 5.74) is 3.41. The minimum atomic E-state index is -0.531. The lowest BCUT2D eigenvalue weighted by atomic mass is 9.83. The van der Waals surface area contributed by atoms with Crippen molar-refractivity contribution in [2.45, 2.75) is 51.6 Å². The molecule has 3 aromatic carbocycles. The molecule has 2 unspecified atom stereocenters. The van der Waals surface area contributed by atoms with Crippen LogP contribution in [0.3, 0.4) is 0 Å². The van der Waals surface area contributed by atoms with Crippen molar-refractivity contribution in [3.8, 4) is 0 Å². The Hall–Kier alpha value is -3.67. The minimum Gasteiger partial charge on any atom is -0.369 e. The Kier molecular flexibility index (Phi) is 7.26. The van der Waals surface area contributed by atoms with E-state index in [1.54, 1.807) is 24.0 Å². The molecule has 2 aliphatic rings. The molecule has 1 N–H and O–H groups in total. The first-order chi connectivity index (χ1) is 17.9. The van der Waals surface area contributed by atoms with E-state index in [9.17, 15) is 14.0 Å². The van der Waals surface area contributed by atoms with Gasteiger partial charge >= 0.3 is 0 Å². The summed E-state index contributed by atoms with van der Waals surface area (Å²) in [7, 11) is 0. The Morgan fingerprint density at radius 1 is 0.919 bits per heavy atom. The van der Waals surface area contributed by atoms with E-state index >= 15 is 0 Å². The number of amides is 2. The van der Waals surface area contributed by atoms with Gasteiger partial charge in [-0.1, -0.05) is 48.5 Å². The van der Waals surface area contributed by atoms with E-state index in [1.165, 1.54) is 18.9 Å². The second-order valence-corrected chi connectivity index (χ2v) is 10.3. The van der Waals surface area contributed by atoms with Gasteiger partial charge in [-0.25, -0.2) is 4.39 Å². The molecule has 0 aliphatic carbocycles. The summed E-state index contributed by atoms with van der Waals surface area (Å²) in [4.78, 5) is 31.5. The zero-order valence-electron chi connectivity index (χ0n) is 21.5. The van der Waals surface area contributed by atoms with Crippen LogP contribution < -0.4 is 10.2 Å². The molecule has 0 saturated carbocycles. The number of piperidine rings is 1. The largest absolute Gasteiger partial charge is 0.369 e. The van der Waals surface area contributed by atoms with Crippen molar-refractivity contribution in [3.63, 3.8) is 0 Å². The third-order valence-corrected chi connectivity index (χ3v) is 7.80. The van der Waals surface area contributed by atoms with Gasteiger partial charge in [0.1, 0.15) is 5.82 Å². The number of nitrogens with one attached hydrogen (secondary N) is 1. The van der Waals surface area contributed by atoms with Crippen molar-refractivity contribution in [2.75, 3.05) is 23.3 Å². The van der Waals surface area contributed by atoms with Crippen LogP contribution in [0.2, 0.25) is 0 Å². The maximum atomic E-state index is 14.8. The molecule has 0 aromatic heterocycles. The van der Waals surface area contributed by atoms with Gasteiger partial charge < -0.3 is 15.1 Å². The van der Waals surface area contributed by atoms with Crippen LogP contribution in [0.25, 0.3) is 0 Å². The number of likely N-dealkylation sites (tertiary alicyclic amines) is 1. The molecule has 2 heterocycles. The maximum Gasteiger partial charge on any atom is 0.257 e. The van der Waals surface area contributed by atoms with Crippen LogP contribution >= 0.6 is 0 Å². The Morgan fingerprint density at radius 3 is 2.41 bits per heavy atom. The molecule has 0 spiro atoms. The summed E-state index contributed by atoms with van der Waals surface area (Å²) >= 11 is 0. The lowest BCUT2D eigenvalue weighted by Gasteiger charge is -2.41. The van der Waals surface area contributed by atoms with Crippen molar-refractivity contribution in [2.24, 2.45) is 5.92 Å². The smallest absolute Gasteiger partial charge is 0.257 e. The normalized spacial score (nSPS) is 21.6. The van der Waals surface area contributed by atoms with Gasteiger partial charge in [0.15, 0.2) is 0 Å². The molecule has 3 aromatic rings. The van der Waals surface area contributed by atoms with Crippen molar-refractivity contribution in [3.05, 3.63) is 95.3 Å². The van der Waals surface area contributed by atoms with Gasteiger partial charge in [-0.3, -0.25) is 9.59 Å². The molecule has 0 radical (unpaired) electrons. The summed E-state index contributed by atoms with van der Waals surface area (Å²) in [6, 6.07) is 22.3. The fourth-order valence-electron chi connectivity index (χ4n) is 5.92. The Labute approximate surface area is 218 Å². The number of halogens is 1. The number of rotatable bonds is 5. The lowest BCUT2D eigenvalue weighted by Crippen LogP contribution is -2.46. The molecule has 5 rings (SSSR count). The third-order valence-electron chi connectivity index (χ3n) is 7.80. The summed E-state index contributed by atoms with van der Waals surface area (Å²) < 4.78 is 14.8. The van der Waals surface area contributed by atoms with E-state index in [2.05, 4.69) is 23.2 Å². The molecule has 6 heteroatoms.